The number of fused-ring (bicyclic) bond motifs is 6. The van der Waals surface area contributed by atoms with Gasteiger partial charge in [0.15, 0.2) is 17.5 Å². The second-order valence-corrected chi connectivity index (χ2v) is 16.2. The molecule has 2 aromatic heterocycles. The van der Waals surface area contributed by atoms with Gasteiger partial charge < -0.3 is 0 Å². The smallest absolute Gasteiger partial charge is 0.165 e. The van der Waals surface area contributed by atoms with Gasteiger partial charge in [-0.25, -0.2) is 15.0 Å². The van der Waals surface area contributed by atoms with Crippen molar-refractivity contribution in [1.82, 2.24) is 15.0 Å². The summed E-state index contributed by atoms with van der Waals surface area (Å²) in [5.74, 6) is 0.246. The minimum atomic E-state index is -0.674. The van der Waals surface area contributed by atoms with Gasteiger partial charge in [0.25, 0.3) is 0 Å². The molecule has 2 heterocycles. The second-order valence-electron chi connectivity index (χ2n) is 15.2. The van der Waals surface area contributed by atoms with Crippen molar-refractivity contribution < 1.29 is 12.3 Å². The number of nitrogens with zero attached hydrogens (tertiary/aromatic N) is 3. The molecule has 0 unspecified atom stereocenters. The Hall–Kier alpha value is -7.79. The Labute approximate surface area is 377 Å². The van der Waals surface area contributed by atoms with E-state index in [1.807, 2.05) is 66.7 Å². The first-order valence-electron chi connectivity index (χ1n) is 24.8. The zero-order chi connectivity index (χ0) is 48.9. The largest absolute Gasteiger partial charge is 0.208 e. The monoisotopic (exact) mass is 816 g/mol. The lowest BCUT2D eigenvalue weighted by molar-refractivity contribution is 0.769. The third kappa shape index (κ3) is 5.68. The summed E-state index contributed by atoms with van der Waals surface area (Å²) in [5, 5.41) is 2.03. The summed E-state index contributed by atoms with van der Waals surface area (Å²) in [6.45, 7) is 0. The highest BCUT2D eigenvalue weighted by atomic mass is 32.1. The van der Waals surface area contributed by atoms with Crippen molar-refractivity contribution in [2.45, 2.75) is 5.41 Å². The summed E-state index contributed by atoms with van der Waals surface area (Å²) < 4.78 is 81.8. The Balaban J connectivity index is 1.15. The van der Waals surface area contributed by atoms with Crippen LogP contribution in [0.5, 0.6) is 0 Å². The van der Waals surface area contributed by atoms with Gasteiger partial charge in [0.1, 0.15) is 0 Å². The quantitative estimate of drug-likeness (QED) is 0.161. The third-order valence-corrected chi connectivity index (χ3v) is 13.1. The van der Waals surface area contributed by atoms with Gasteiger partial charge in [-0.15, -0.1) is 11.3 Å². The Bertz CT molecular complexity index is 3940. The Kier molecular flexibility index (Phi) is 6.62. The molecule has 0 bridgehead atoms. The average molecular weight is 817 g/mol. The van der Waals surface area contributed by atoms with Gasteiger partial charge in [0.05, 0.1) is 17.8 Å². The van der Waals surface area contributed by atoms with Crippen LogP contribution < -0.4 is 0 Å². The minimum Gasteiger partial charge on any atom is -0.208 e. The highest BCUT2D eigenvalue weighted by molar-refractivity contribution is 7.26. The zero-order valence-corrected chi connectivity index (χ0v) is 33.7. The molecule has 9 aromatic carbocycles. The maximum atomic E-state index is 9.45. The van der Waals surface area contributed by atoms with Crippen molar-refractivity contribution >= 4 is 31.5 Å². The molecule has 62 heavy (non-hydrogen) atoms. The molecule has 1 aliphatic rings. The van der Waals surface area contributed by atoms with Crippen LogP contribution in [0.25, 0.3) is 87.7 Å². The second kappa shape index (κ2) is 14.7. The van der Waals surface area contributed by atoms with Crippen LogP contribution in [0.2, 0.25) is 0 Å². The molecular weight excluding hydrogens is 771 g/mol. The van der Waals surface area contributed by atoms with E-state index in [-0.39, 0.29) is 28.6 Å². The maximum absolute atomic E-state index is 9.45. The molecule has 0 atom stereocenters. The fourth-order valence-corrected chi connectivity index (χ4v) is 10.4. The van der Waals surface area contributed by atoms with E-state index >= 15 is 0 Å². The molecule has 0 saturated carbocycles. The first kappa shape index (κ1) is 27.9. The predicted molar refractivity (Wildman–Crippen MR) is 257 cm³/mol. The van der Waals surface area contributed by atoms with Gasteiger partial charge >= 0.3 is 0 Å². The molecule has 0 N–H and O–H groups in total. The molecule has 0 aliphatic heterocycles. The molecule has 290 valence electrons. The fourth-order valence-electron chi connectivity index (χ4n) is 9.24. The molecule has 11 aromatic rings. The standard InChI is InChI=1S/C58H37N3S/c1-4-19-38(20-5-1)42-25-10-12-29-48(42)55-59-56(61-57(60-55)50-32-18-31-47-46-28-15-17-34-53(46)62-54(47)50)49-30-13-11-26-43(49)39-35-36-45-44-27-14-16-33-51(44)58(52(45)37-39,40-21-6-2-7-22-40)41-23-8-3-9-24-41/h1-37H/i1D,4D,5D,10D,12D,19D,20D,25D,29D. The van der Waals surface area contributed by atoms with Crippen LogP contribution in [0.4, 0.5) is 0 Å². The molecule has 0 radical (unpaired) electrons. The molecule has 0 amide bonds. The van der Waals surface area contributed by atoms with Crippen molar-refractivity contribution in [2.24, 2.45) is 0 Å². The topological polar surface area (TPSA) is 38.7 Å². The van der Waals surface area contributed by atoms with E-state index in [2.05, 4.69) is 103 Å². The molecule has 0 fully saturated rings. The zero-order valence-electron chi connectivity index (χ0n) is 41.9. The SMILES string of the molecule is [2H]c1c([2H])c([2H])c(-c2c([2H])c([2H])c([2H])c([2H])c2-c2nc(-c3ccccc3-c3ccc4c(c3)C(c3ccccc3)(c3ccccc3)c3ccccc3-4)nc(-c3cccc4c3sc3ccccc34)n2)c([2H])c1[2H]. The number of aromatic nitrogens is 3. The van der Waals surface area contributed by atoms with Crippen LogP contribution in [0.3, 0.4) is 0 Å². The highest BCUT2D eigenvalue weighted by Gasteiger charge is 2.46. The Morgan fingerprint density at radius 1 is 0.371 bits per heavy atom. The number of hydrogen-bond acceptors (Lipinski definition) is 4. The summed E-state index contributed by atoms with van der Waals surface area (Å²) in [6.07, 6.45) is 0. The van der Waals surface area contributed by atoms with Crippen LogP contribution in [-0.4, -0.2) is 15.0 Å². The Morgan fingerprint density at radius 3 is 1.68 bits per heavy atom. The third-order valence-electron chi connectivity index (χ3n) is 11.9. The van der Waals surface area contributed by atoms with Crippen molar-refractivity contribution in [3.05, 3.63) is 246 Å². The number of thiophene rings is 1. The highest BCUT2D eigenvalue weighted by Crippen LogP contribution is 2.57. The van der Waals surface area contributed by atoms with Crippen molar-refractivity contribution in [3.63, 3.8) is 0 Å². The van der Waals surface area contributed by atoms with E-state index in [1.165, 1.54) is 5.56 Å². The van der Waals surface area contributed by atoms with Crippen LogP contribution in [0.15, 0.2) is 224 Å². The van der Waals surface area contributed by atoms with Crippen molar-refractivity contribution in [3.8, 4) is 67.5 Å². The first-order chi connectivity index (χ1) is 34.5. The molecule has 1 aliphatic carbocycles. The van der Waals surface area contributed by atoms with Crippen molar-refractivity contribution in [1.29, 1.82) is 0 Å². The van der Waals surface area contributed by atoms with Gasteiger partial charge in [0, 0.05) is 36.9 Å². The Morgan fingerprint density at radius 2 is 0.919 bits per heavy atom. The van der Waals surface area contributed by atoms with E-state index in [9.17, 15) is 2.74 Å². The number of hydrogen-bond donors (Lipinski definition) is 0. The summed E-state index contributed by atoms with van der Waals surface area (Å²) in [7, 11) is 0. The summed E-state index contributed by atoms with van der Waals surface area (Å²) >= 11 is 1.58. The van der Waals surface area contributed by atoms with E-state index in [0.29, 0.717) is 11.1 Å². The van der Waals surface area contributed by atoms with Gasteiger partial charge in [-0.3, -0.25) is 0 Å². The summed E-state index contributed by atoms with van der Waals surface area (Å²) in [5.41, 5.74) is 8.04. The summed E-state index contributed by atoms with van der Waals surface area (Å²) in [6, 6.07) is 52.3. The van der Waals surface area contributed by atoms with E-state index in [1.54, 1.807) is 11.3 Å². The molecule has 0 spiro atoms. The van der Waals surface area contributed by atoms with Gasteiger partial charge in [-0.05, 0) is 73.8 Å². The van der Waals surface area contributed by atoms with Crippen LogP contribution in [-0.2, 0) is 5.41 Å². The van der Waals surface area contributed by atoms with Crippen LogP contribution in [0, 0.1) is 0 Å². The van der Waals surface area contributed by atoms with Crippen molar-refractivity contribution in [2.75, 3.05) is 0 Å². The molecule has 3 nitrogen and oxygen atoms in total. The lowest BCUT2D eigenvalue weighted by Crippen LogP contribution is -2.28. The molecule has 4 heteroatoms. The number of benzene rings is 9. The van der Waals surface area contributed by atoms with Gasteiger partial charge in [-0.1, -0.05) is 206 Å². The van der Waals surface area contributed by atoms with E-state index < -0.39 is 65.4 Å². The van der Waals surface area contributed by atoms with Gasteiger partial charge in [-0.2, -0.15) is 0 Å². The van der Waals surface area contributed by atoms with Crippen LogP contribution in [0.1, 0.15) is 34.6 Å². The van der Waals surface area contributed by atoms with E-state index in [0.717, 1.165) is 59.1 Å². The summed E-state index contributed by atoms with van der Waals surface area (Å²) in [4.78, 5) is 15.4. The minimum absolute atomic E-state index is 0.164. The predicted octanol–water partition coefficient (Wildman–Crippen LogP) is 14.9. The number of rotatable bonds is 7. The molecule has 12 rings (SSSR count). The molecule has 0 saturated heterocycles. The molecular formula is C58H37N3S. The normalized spacial score (nSPS) is 14.7. The van der Waals surface area contributed by atoms with Gasteiger partial charge in [0.2, 0.25) is 0 Å². The van der Waals surface area contributed by atoms with E-state index in [4.69, 9.17) is 24.5 Å². The average Bonchev–Trinajstić information content (AvgIpc) is 3.95. The first-order valence-corrected chi connectivity index (χ1v) is 21.1. The lowest BCUT2D eigenvalue weighted by atomic mass is 9.67. The lowest BCUT2D eigenvalue weighted by Gasteiger charge is -2.34. The maximum Gasteiger partial charge on any atom is 0.165 e. The van der Waals surface area contributed by atoms with Crippen LogP contribution >= 0.6 is 11.3 Å². The fraction of sp³-hybridized carbons (Fsp3) is 0.0172.